The van der Waals surface area contributed by atoms with E-state index in [-0.39, 0.29) is 0 Å². The van der Waals surface area contributed by atoms with Gasteiger partial charge in [-0.25, -0.2) is 0 Å². The summed E-state index contributed by atoms with van der Waals surface area (Å²) in [4.78, 5) is 0. The first-order valence-corrected chi connectivity index (χ1v) is 5.03. The molecule has 0 fully saturated rings. The van der Waals surface area contributed by atoms with Crippen molar-refractivity contribution in [3.05, 3.63) is 35.4 Å². The molecule has 0 aromatic heterocycles. The van der Waals surface area contributed by atoms with Gasteiger partial charge in [-0.05, 0) is 17.5 Å². The standard InChI is InChI=1S/C12H18O2/c1-3-10-5-4-6-11(9-10)12(13)7-8-14-2/h4-6,9,12-13H,3,7-8H2,1-2H3. The summed E-state index contributed by atoms with van der Waals surface area (Å²) in [6.07, 6.45) is 1.26. The fraction of sp³-hybridized carbons (Fsp3) is 0.500. The highest BCUT2D eigenvalue weighted by molar-refractivity contribution is 5.25. The van der Waals surface area contributed by atoms with E-state index < -0.39 is 6.10 Å². The summed E-state index contributed by atoms with van der Waals surface area (Å²) < 4.78 is 4.93. The minimum absolute atomic E-state index is 0.401. The minimum atomic E-state index is -0.401. The number of benzene rings is 1. The molecule has 0 spiro atoms. The van der Waals surface area contributed by atoms with Crippen molar-refractivity contribution in [3.8, 4) is 0 Å². The van der Waals surface area contributed by atoms with E-state index in [1.54, 1.807) is 7.11 Å². The Morgan fingerprint density at radius 1 is 1.43 bits per heavy atom. The summed E-state index contributed by atoms with van der Waals surface area (Å²) in [6.45, 7) is 2.71. The molecule has 1 unspecified atom stereocenters. The quantitative estimate of drug-likeness (QED) is 0.779. The van der Waals surface area contributed by atoms with Gasteiger partial charge in [-0.15, -0.1) is 0 Å². The molecule has 0 saturated heterocycles. The van der Waals surface area contributed by atoms with Crippen molar-refractivity contribution in [2.45, 2.75) is 25.9 Å². The molecule has 2 heteroatoms. The van der Waals surface area contributed by atoms with Gasteiger partial charge >= 0.3 is 0 Å². The van der Waals surface area contributed by atoms with Gasteiger partial charge < -0.3 is 9.84 Å². The van der Waals surface area contributed by atoms with Crippen molar-refractivity contribution in [3.63, 3.8) is 0 Å². The Morgan fingerprint density at radius 3 is 2.86 bits per heavy atom. The molecule has 2 nitrogen and oxygen atoms in total. The molecule has 0 aliphatic rings. The predicted molar refractivity (Wildman–Crippen MR) is 57.3 cm³/mol. The van der Waals surface area contributed by atoms with Gasteiger partial charge in [0.2, 0.25) is 0 Å². The van der Waals surface area contributed by atoms with Crippen LogP contribution in [0.2, 0.25) is 0 Å². The molecule has 0 bridgehead atoms. The van der Waals surface area contributed by atoms with Gasteiger partial charge in [-0.1, -0.05) is 31.2 Å². The van der Waals surface area contributed by atoms with Crippen LogP contribution in [0.25, 0.3) is 0 Å². The van der Waals surface area contributed by atoms with E-state index in [4.69, 9.17) is 4.74 Å². The Hall–Kier alpha value is -0.860. The molecule has 0 amide bonds. The van der Waals surface area contributed by atoms with E-state index in [2.05, 4.69) is 19.1 Å². The molecule has 1 rings (SSSR count). The average molecular weight is 194 g/mol. The number of aryl methyl sites for hydroxylation is 1. The van der Waals surface area contributed by atoms with Crippen molar-refractivity contribution in [1.29, 1.82) is 0 Å². The van der Waals surface area contributed by atoms with Gasteiger partial charge in [-0.3, -0.25) is 0 Å². The van der Waals surface area contributed by atoms with Crippen LogP contribution >= 0.6 is 0 Å². The fourth-order valence-electron chi connectivity index (χ4n) is 1.42. The Bertz CT molecular complexity index is 271. The molecular formula is C12H18O2. The first-order valence-electron chi connectivity index (χ1n) is 5.03. The lowest BCUT2D eigenvalue weighted by atomic mass is 10.0. The molecular weight excluding hydrogens is 176 g/mol. The number of aliphatic hydroxyl groups excluding tert-OH is 1. The summed E-state index contributed by atoms with van der Waals surface area (Å²) in [5.74, 6) is 0. The van der Waals surface area contributed by atoms with Crippen LogP contribution in [0.4, 0.5) is 0 Å². The summed E-state index contributed by atoms with van der Waals surface area (Å²) in [5, 5.41) is 9.79. The van der Waals surface area contributed by atoms with Crippen molar-refractivity contribution in [2.75, 3.05) is 13.7 Å². The normalized spacial score (nSPS) is 12.8. The zero-order valence-electron chi connectivity index (χ0n) is 8.86. The number of aliphatic hydroxyl groups is 1. The molecule has 1 atom stereocenters. The highest BCUT2D eigenvalue weighted by Crippen LogP contribution is 2.17. The van der Waals surface area contributed by atoms with Crippen LogP contribution in [-0.4, -0.2) is 18.8 Å². The highest BCUT2D eigenvalue weighted by atomic mass is 16.5. The number of methoxy groups -OCH3 is 1. The minimum Gasteiger partial charge on any atom is -0.388 e. The maximum Gasteiger partial charge on any atom is 0.0812 e. The fourth-order valence-corrected chi connectivity index (χ4v) is 1.42. The van der Waals surface area contributed by atoms with Gasteiger partial charge in [0.25, 0.3) is 0 Å². The molecule has 0 saturated carbocycles. The molecule has 0 aliphatic heterocycles. The van der Waals surface area contributed by atoms with E-state index >= 15 is 0 Å². The number of hydrogen-bond acceptors (Lipinski definition) is 2. The Kier molecular flexibility index (Phi) is 4.63. The second-order valence-electron chi connectivity index (χ2n) is 3.40. The molecule has 1 aromatic rings. The van der Waals surface area contributed by atoms with Gasteiger partial charge in [-0.2, -0.15) is 0 Å². The van der Waals surface area contributed by atoms with E-state index in [9.17, 15) is 5.11 Å². The van der Waals surface area contributed by atoms with Crippen LogP contribution in [0.15, 0.2) is 24.3 Å². The van der Waals surface area contributed by atoms with Gasteiger partial charge in [0.1, 0.15) is 0 Å². The molecule has 0 heterocycles. The monoisotopic (exact) mass is 194 g/mol. The molecule has 0 radical (unpaired) electrons. The van der Waals surface area contributed by atoms with Gasteiger partial charge in [0.15, 0.2) is 0 Å². The smallest absolute Gasteiger partial charge is 0.0812 e. The summed E-state index contributed by atoms with van der Waals surface area (Å²) >= 11 is 0. The lowest BCUT2D eigenvalue weighted by Gasteiger charge is -2.11. The highest BCUT2D eigenvalue weighted by Gasteiger charge is 2.06. The maximum absolute atomic E-state index is 9.79. The van der Waals surface area contributed by atoms with E-state index in [0.717, 1.165) is 12.0 Å². The number of hydrogen-bond donors (Lipinski definition) is 1. The van der Waals surface area contributed by atoms with Crippen molar-refractivity contribution < 1.29 is 9.84 Å². The van der Waals surface area contributed by atoms with Crippen LogP contribution < -0.4 is 0 Å². The first kappa shape index (κ1) is 11.2. The topological polar surface area (TPSA) is 29.5 Å². The van der Waals surface area contributed by atoms with Crippen LogP contribution in [0.5, 0.6) is 0 Å². The third-order valence-electron chi connectivity index (χ3n) is 2.34. The SMILES string of the molecule is CCc1cccc(C(O)CCOC)c1. The molecule has 1 N–H and O–H groups in total. The average Bonchev–Trinajstić information content (AvgIpc) is 2.26. The number of ether oxygens (including phenoxy) is 1. The van der Waals surface area contributed by atoms with Crippen molar-refractivity contribution >= 4 is 0 Å². The summed E-state index contributed by atoms with van der Waals surface area (Å²) in [6, 6.07) is 8.08. The molecule has 14 heavy (non-hydrogen) atoms. The lowest BCUT2D eigenvalue weighted by Crippen LogP contribution is -2.02. The Labute approximate surface area is 85.5 Å². The zero-order chi connectivity index (χ0) is 10.4. The van der Waals surface area contributed by atoms with Crippen molar-refractivity contribution in [1.82, 2.24) is 0 Å². The first-order chi connectivity index (χ1) is 6.77. The third-order valence-corrected chi connectivity index (χ3v) is 2.34. The summed E-state index contributed by atoms with van der Waals surface area (Å²) in [7, 11) is 1.65. The Balaban J connectivity index is 2.64. The predicted octanol–water partition coefficient (Wildman–Crippen LogP) is 2.32. The van der Waals surface area contributed by atoms with Crippen molar-refractivity contribution in [2.24, 2.45) is 0 Å². The largest absolute Gasteiger partial charge is 0.388 e. The van der Waals surface area contributed by atoms with Crippen LogP contribution in [0, 0.1) is 0 Å². The van der Waals surface area contributed by atoms with E-state index in [1.807, 2.05) is 12.1 Å². The van der Waals surface area contributed by atoms with Crippen LogP contribution in [0.1, 0.15) is 30.6 Å². The van der Waals surface area contributed by atoms with Gasteiger partial charge in [0.05, 0.1) is 6.10 Å². The van der Waals surface area contributed by atoms with E-state index in [0.29, 0.717) is 13.0 Å². The molecule has 0 aliphatic carbocycles. The number of rotatable bonds is 5. The molecule has 1 aromatic carbocycles. The maximum atomic E-state index is 9.79. The lowest BCUT2D eigenvalue weighted by molar-refractivity contribution is 0.110. The second-order valence-corrected chi connectivity index (χ2v) is 3.40. The molecule has 78 valence electrons. The third kappa shape index (κ3) is 3.13. The van der Waals surface area contributed by atoms with Gasteiger partial charge in [0, 0.05) is 20.1 Å². The Morgan fingerprint density at radius 2 is 2.21 bits per heavy atom. The van der Waals surface area contributed by atoms with E-state index in [1.165, 1.54) is 5.56 Å². The zero-order valence-corrected chi connectivity index (χ0v) is 8.86. The second kappa shape index (κ2) is 5.78. The summed E-state index contributed by atoms with van der Waals surface area (Å²) in [5.41, 5.74) is 2.25. The van der Waals surface area contributed by atoms with Crippen LogP contribution in [0.3, 0.4) is 0 Å². The van der Waals surface area contributed by atoms with Crippen LogP contribution in [-0.2, 0) is 11.2 Å².